The summed E-state index contributed by atoms with van der Waals surface area (Å²) in [4.78, 5) is 0. The molecule has 0 fully saturated rings. The van der Waals surface area contributed by atoms with E-state index >= 15 is 0 Å². The van der Waals surface area contributed by atoms with Crippen molar-refractivity contribution in [2.45, 2.75) is 0 Å². The van der Waals surface area contributed by atoms with Gasteiger partial charge in [0.25, 0.3) is 0 Å². The van der Waals surface area contributed by atoms with Gasteiger partial charge in [0.15, 0.2) is 5.69 Å². The fourth-order valence-electron chi connectivity index (χ4n) is 2.46. The minimum atomic E-state index is 0.378. The largest absolute Gasteiger partial charge is 0.247 e. The number of benzene rings is 1. The lowest BCUT2D eigenvalue weighted by atomic mass is 9.97. The highest BCUT2D eigenvalue weighted by atomic mass is 32.1. The van der Waals surface area contributed by atoms with Gasteiger partial charge in [0.1, 0.15) is 11.8 Å². The second-order valence-electron chi connectivity index (χ2n) is 4.97. The summed E-state index contributed by atoms with van der Waals surface area (Å²) in [6.07, 6.45) is 0. The Kier molecular flexibility index (Phi) is 3.50. The Bertz CT molecular complexity index is 924. The number of rotatable bonds is 3. The fraction of sp³-hybridized carbons (Fsp3) is 0. The molecule has 0 radical (unpaired) electrons. The van der Waals surface area contributed by atoms with E-state index in [1.807, 2.05) is 0 Å². The molecule has 110 valence electrons. The molecule has 1 aromatic carbocycles. The van der Waals surface area contributed by atoms with E-state index in [-0.39, 0.29) is 0 Å². The Morgan fingerprint density at radius 3 is 2.00 bits per heavy atom. The van der Waals surface area contributed by atoms with Crippen molar-refractivity contribution in [3.05, 3.63) is 57.5 Å². The van der Waals surface area contributed by atoms with E-state index in [0.29, 0.717) is 11.4 Å². The van der Waals surface area contributed by atoms with E-state index in [2.05, 4.69) is 73.3 Å². The monoisotopic (exact) mass is 334 g/mol. The van der Waals surface area contributed by atoms with Gasteiger partial charge in [0.05, 0.1) is 0 Å². The molecule has 0 aliphatic heterocycles. The molecule has 0 unspecified atom stereocenters. The van der Waals surface area contributed by atoms with Gasteiger partial charge < -0.3 is 0 Å². The zero-order valence-corrected chi connectivity index (χ0v) is 13.5. The van der Waals surface area contributed by atoms with Crippen molar-refractivity contribution in [2.24, 2.45) is 0 Å². The first-order valence-electron chi connectivity index (χ1n) is 6.87. The van der Waals surface area contributed by atoms with Crippen LogP contribution in [0.15, 0.2) is 51.9 Å². The molecule has 0 aliphatic carbocycles. The third-order valence-electron chi connectivity index (χ3n) is 3.58. The topological polar surface area (TPSA) is 65.4 Å². The van der Waals surface area contributed by atoms with Gasteiger partial charge in [-0.1, -0.05) is 5.21 Å². The first kappa shape index (κ1) is 13.9. The van der Waals surface area contributed by atoms with Crippen LogP contribution in [0, 0.1) is 11.3 Å². The molecule has 3 aromatic heterocycles. The second-order valence-corrected chi connectivity index (χ2v) is 6.53. The predicted octanol–water partition coefficient (Wildman–Crippen LogP) is 4.80. The zero-order valence-electron chi connectivity index (χ0n) is 11.9. The number of nitrogens with zero attached hydrogens (tertiary/aromatic N) is 3. The van der Waals surface area contributed by atoms with Gasteiger partial charge >= 0.3 is 0 Å². The summed E-state index contributed by atoms with van der Waals surface area (Å²) in [6, 6.07) is 12.6. The van der Waals surface area contributed by atoms with Crippen LogP contribution in [-0.2, 0) is 0 Å². The number of nitriles is 1. The molecule has 0 saturated carbocycles. The van der Waals surface area contributed by atoms with Crippen molar-refractivity contribution in [2.75, 3.05) is 0 Å². The van der Waals surface area contributed by atoms with Gasteiger partial charge in [0.2, 0.25) is 0 Å². The van der Waals surface area contributed by atoms with Crippen LogP contribution in [0.25, 0.3) is 33.5 Å². The van der Waals surface area contributed by atoms with Crippen LogP contribution < -0.4 is 0 Å². The molecule has 1 N–H and O–H groups in total. The van der Waals surface area contributed by atoms with Crippen molar-refractivity contribution in [3.8, 4) is 39.6 Å². The van der Waals surface area contributed by atoms with Crippen LogP contribution in [0.1, 0.15) is 5.69 Å². The minimum absolute atomic E-state index is 0.378. The van der Waals surface area contributed by atoms with Crippen molar-refractivity contribution in [1.29, 1.82) is 5.26 Å². The molecule has 0 amide bonds. The zero-order chi connectivity index (χ0) is 15.6. The highest BCUT2D eigenvalue weighted by molar-refractivity contribution is 7.08. The smallest absolute Gasteiger partial charge is 0.163 e. The number of aromatic amines is 1. The SMILES string of the molecule is N#Cc1[nH]nnc1-c1cc(-c2ccsc2)cc(-c2ccsc2)c1. The van der Waals surface area contributed by atoms with Crippen LogP contribution >= 0.6 is 22.7 Å². The molecule has 0 spiro atoms. The Balaban J connectivity index is 1.94. The Labute approximate surface area is 140 Å². The standard InChI is InChI=1S/C17H10N4S2/c18-8-16-17(20-21-19-16)15-6-13(11-1-3-22-9-11)5-14(7-15)12-2-4-23-10-12/h1-7,9-10H,(H,19,20,21). The number of H-pyrrole nitrogens is 1. The average Bonchev–Trinajstić information content (AvgIpc) is 3.36. The fourth-order valence-corrected chi connectivity index (χ4v) is 3.79. The van der Waals surface area contributed by atoms with Crippen molar-refractivity contribution >= 4 is 22.7 Å². The molecule has 0 atom stereocenters. The van der Waals surface area contributed by atoms with E-state index < -0.39 is 0 Å². The molecule has 0 bridgehead atoms. The molecular formula is C17H10N4S2. The van der Waals surface area contributed by atoms with E-state index in [1.165, 1.54) is 0 Å². The second kappa shape index (κ2) is 5.80. The number of hydrogen-bond acceptors (Lipinski definition) is 5. The lowest BCUT2D eigenvalue weighted by molar-refractivity contribution is 0.937. The van der Waals surface area contributed by atoms with E-state index in [1.54, 1.807) is 22.7 Å². The average molecular weight is 334 g/mol. The maximum atomic E-state index is 9.22. The predicted molar refractivity (Wildman–Crippen MR) is 93.2 cm³/mol. The highest BCUT2D eigenvalue weighted by Gasteiger charge is 2.13. The molecule has 4 rings (SSSR count). The van der Waals surface area contributed by atoms with Gasteiger partial charge in [-0.25, -0.2) is 5.10 Å². The third-order valence-corrected chi connectivity index (χ3v) is 4.94. The first-order valence-corrected chi connectivity index (χ1v) is 8.75. The molecule has 6 heteroatoms. The van der Waals surface area contributed by atoms with Gasteiger partial charge in [-0.3, -0.25) is 0 Å². The van der Waals surface area contributed by atoms with Crippen molar-refractivity contribution in [1.82, 2.24) is 15.4 Å². The molecule has 4 nitrogen and oxygen atoms in total. The lowest BCUT2D eigenvalue weighted by Crippen LogP contribution is -1.87. The third kappa shape index (κ3) is 2.57. The maximum absolute atomic E-state index is 9.22. The van der Waals surface area contributed by atoms with Crippen LogP contribution in [0.2, 0.25) is 0 Å². The van der Waals surface area contributed by atoms with Crippen LogP contribution in [0.3, 0.4) is 0 Å². The van der Waals surface area contributed by atoms with Gasteiger partial charge in [-0.05, 0) is 74.1 Å². The quantitative estimate of drug-likeness (QED) is 0.585. The normalized spacial score (nSPS) is 10.6. The first-order chi connectivity index (χ1) is 11.3. The summed E-state index contributed by atoms with van der Waals surface area (Å²) < 4.78 is 0. The summed E-state index contributed by atoms with van der Waals surface area (Å²) >= 11 is 3.33. The molecule has 23 heavy (non-hydrogen) atoms. The lowest BCUT2D eigenvalue weighted by Gasteiger charge is -2.07. The maximum Gasteiger partial charge on any atom is 0.163 e. The Morgan fingerprint density at radius 2 is 1.48 bits per heavy atom. The van der Waals surface area contributed by atoms with Crippen molar-refractivity contribution < 1.29 is 0 Å². The minimum Gasteiger partial charge on any atom is -0.247 e. The molecule has 4 aromatic rings. The van der Waals surface area contributed by atoms with E-state index in [4.69, 9.17) is 0 Å². The van der Waals surface area contributed by atoms with Gasteiger partial charge in [0, 0.05) is 5.56 Å². The Hall–Kier alpha value is -2.75. The summed E-state index contributed by atoms with van der Waals surface area (Å²) in [5.74, 6) is 0. The summed E-state index contributed by atoms with van der Waals surface area (Å²) in [5.41, 5.74) is 6.39. The number of hydrogen-bond donors (Lipinski definition) is 1. The molecular weight excluding hydrogens is 324 g/mol. The summed E-state index contributed by atoms with van der Waals surface area (Å²) in [5, 5.41) is 28.1. The number of thiophene rings is 2. The number of nitrogens with one attached hydrogen (secondary N) is 1. The van der Waals surface area contributed by atoms with E-state index in [0.717, 1.165) is 27.8 Å². The van der Waals surface area contributed by atoms with Crippen LogP contribution in [0.5, 0.6) is 0 Å². The summed E-state index contributed by atoms with van der Waals surface area (Å²) in [7, 11) is 0. The van der Waals surface area contributed by atoms with Gasteiger partial charge in [-0.15, -0.1) is 5.10 Å². The molecule has 0 aliphatic rings. The number of aromatic nitrogens is 3. The van der Waals surface area contributed by atoms with Crippen LogP contribution in [-0.4, -0.2) is 15.4 Å². The molecule has 3 heterocycles. The summed E-state index contributed by atoms with van der Waals surface area (Å²) in [6.45, 7) is 0. The molecule has 0 saturated heterocycles. The highest BCUT2D eigenvalue weighted by Crippen LogP contribution is 2.34. The van der Waals surface area contributed by atoms with Crippen LogP contribution in [0.4, 0.5) is 0 Å². The Morgan fingerprint density at radius 1 is 0.870 bits per heavy atom. The van der Waals surface area contributed by atoms with E-state index in [9.17, 15) is 5.26 Å². The van der Waals surface area contributed by atoms with Gasteiger partial charge in [-0.2, -0.15) is 27.9 Å². The van der Waals surface area contributed by atoms with Crippen molar-refractivity contribution in [3.63, 3.8) is 0 Å².